The molecule has 0 saturated carbocycles. The smallest absolute Gasteiger partial charge is 0.242 e. The zero-order chi connectivity index (χ0) is 13.9. The fraction of sp³-hybridized carbons (Fsp3) is 0.333. The number of amides is 1. The van der Waals surface area contributed by atoms with Gasteiger partial charge in [0.05, 0.1) is 5.71 Å². The van der Waals surface area contributed by atoms with E-state index in [1.54, 1.807) is 7.05 Å². The molecule has 1 aromatic carbocycles. The summed E-state index contributed by atoms with van der Waals surface area (Å²) >= 11 is 0. The lowest BCUT2D eigenvalue weighted by atomic mass is 10.1. The number of ether oxygens (including phenoxy) is 2. The van der Waals surface area contributed by atoms with Crippen molar-refractivity contribution in [2.45, 2.75) is 12.8 Å². The quantitative estimate of drug-likeness (QED) is 0.828. The number of carbonyl (C=O) groups excluding carboxylic acids is 1. The second-order valence-electron chi connectivity index (χ2n) is 4.75. The largest absolute Gasteiger partial charge is 0.486 e. The first-order chi connectivity index (χ1) is 9.72. The molecule has 3 rings (SSSR count). The van der Waals surface area contributed by atoms with Crippen molar-refractivity contribution in [1.82, 2.24) is 5.01 Å². The summed E-state index contributed by atoms with van der Waals surface area (Å²) in [6.07, 6.45) is 5.11. The Morgan fingerprint density at radius 1 is 1.15 bits per heavy atom. The minimum Gasteiger partial charge on any atom is -0.486 e. The molecule has 0 spiro atoms. The summed E-state index contributed by atoms with van der Waals surface area (Å²) in [4.78, 5) is 11.3. The molecule has 0 saturated heterocycles. The third kappa shape index (κ3) is 2.66. The van der Waals surface area contributed by atoms with Crippen LogP contribution in [0.3, 0.4) is 0 Å². The van der Waals surface area contributed by atoms with E-state index in [2.05, 4.69) is 5.10 Å². The van der Waals surface area contributed by atoms with Gasteiger partial charge in [-0.3, -0.25) is 4.79 Å². The van der Waals surface area contributed by atoms with E-state index >= 15 is 0 Å². The highest BCUT2D eigenvalue weighted by molar-refractivity contribution is 6.02. The lowest BCUT2D eigenvalue weighted by Gasteiger charge is -2.18. The molecule has 5 heteroatoms. The van der Waals surface area contributed by atoms with Gasteiger partial charge in [0.2, 0.25) is 5.91 Å². The Balaban J connectivity index is 1.76. The highest BCUT2D eigenvalue weighted by atomic mass is 16.6. The van der Waals surface area contributed by atoms with Gasteiger partial charge in [-0.1, -0.05) is 12.1 Å². The van der Waals surface area contributed by atoms with Crippen LogP contribution in [-0.4, -0.2) is 36.9 Å². The summed E-state index contributed by atoms with van der Waals surface area (Å²) in [5, 5.41) is 5.62. The summed E-state index contributed by atoms with van der Waals surface area (Å²) in [5.74, 6) is 1.62. The number of fused-ring (bicyclic) bond motifs is 1. The van der Waals surface area contributed by atoms with Crippen LogP contribution in [0.25, 0.3) is 6.08 Å². The maximum atomic E-state index is 11.3. The van der Waals surface area contributed by atoms with Crippen LogP contribution in [0.4, 0.5) is 0 Å². The Hall–Kier alpha value is -2.30. The zero-order valence-electron chi connectivity index (χ0n) is 11.3. The normalized spacial score (nSPS) is 18.4. The van der Waals surface area contributed by atoms with Crippen molar-refractivity contribution >= 4 is 17.7 Å². The van der Waals surface area contributed by atoms with Gasteiger partial charge in [0.15, 0.2) is 11.5 Å². The number of carbonyl (C=O) groups is 1. The molecule has 0 fully saturated rings. The molecule has 2 heterocycles. The predicted molar refractivity (Wildman–Crippen MR) is 75.9 cm³/mol. The standard InChI is InChI=1S/C15H16N2O3/c1-17-15(18)7-5-12(16-17)4-2-11-3-6-13-14(10-11)20-9-8-19-13/h2-4,6,10H,5,7-9H2,1H3/b4-2+. The maximum absolute atomic E-state index is 11.3. The highest BCUT2D eigenvalue weighted by Gasteiger charge is 2.15. The molecule has 0 aromatic heterocycles. The molecule has 5 nitrogen and oxygen atoms in total. The average Bonchev–Trinajstić information content (AvgIpc) is 2.48. The van der Waals surface area contributed by atoms with Crippen molar-refractivity contribution in [3.63, 3.8) is 0 Å². The summed E-state index contributed by atoms with van der Waals surface area (Å²) in [7, 11) is 1.68. The third-order valence-electron chi connectivity index (χ3n) is 3.27. The average molecular weight is 272 g/mol. The van der Waals surface area contributed by atoms with Gasteiger partial charge in [0, 0.05) is 19.9 Å². The van der Waals surface area contributed by atoms with Gasteiger partial charge in [-0.05, 0) is 23.8 Å². The first-order valence-corrected chi connectivity index (χ1v) is 6.64. The number of nitrogens with zero attached hydrogens (tertiary/aromatic N) is 2. The third-order valence-corrected chi connectivity index (χ3v) is 3.27. The van der Waals surface area contributed by atoms with Gasteiger partial charge in [0.25, 0.3) is 0 Å². The monoisotopic (exact) mass is 272 g/mol. The molecule has 0 radical (unpaired) electrons. The first-order valence-electron chi connectivity index (χ1n) is 6.64. The van der Waals surface area contributed by atoms with Crippen molar-refractivity contribution in [1.29, 1.82) is 0 Å². The van der Waals surface area contributed by atoms with Crippen molar-refractivity contribution in [2.24, 2.45) is 5.10 Å². The number of benzene rings is 1. The number of rotatable bonds is 2. The fourth-order valence-corrected chi connectivity index (χ4v) is 2.17. The number of hydrogen-bond donors (Lipinski definition) is 0. The predicted octanol–water partition coefficient (Wildman–Crippen LogP) is 2.08. The molecule has 0 N–H and O–H groups in total. The van der Waals surface area contributed by atoms with Gasteiger partial charge in [0.1, 0.15) is 13.2 Å². The number of hydrogen-bond acceptors (Lipinski definition) is 4. The van der Waals surface area contributed by atoms with Crippen LogP contribution in [-0.2, 0) is 4.79 Å². The highest BCUT2D eigenvalue weighted by Crippen LogP contribution is 2.31. The summed E-state index contributed by atoms with van der Waals surface area (Å²) in [5.41, 5.74) is 1.93. The molecule has 2 aliphatic rings. The molecule has 2 aliphatic heterocycles. The van der Waals surface area contributed by atoms with Crippen molar-refractivity contribution in [2.75, 3.05) is 20.3 Å². The van der Waals surface area contributed by atoms with Crippen molar-refractivity contribution in [3.05, 3.63) is 29.8 Å². The lowest BCUT2D eigenvalue weighted by Crippen LogP contribution is -2.27. The lowest BCUT2D eigenvalue weighted by molar-refractivity contribution is -0.130. The molecule has 20 heavy (non-hydrogen) atoms. The fourth-order valence-electron chi connectivity index (χ4n) is 2.17. The SMILES string of the molecule is CN1N=C(/C=C/c2ccc3c(c2)OCCO3)CCC1=O. The van der Waals surface area contributed by atoms with E-state index in [0.717, 1.165) is 22.8 Å². The molecule has 1 amide bonds. The number of allylic oxidation sites excluding steroid dienone is 1. The van der Waals surface area contributed by atoms with E-state index in [1.165, 1.54) is 5.01 Å². The van der Waals surface area contributed by atoms with Gasteiger partial charge >= 0.3 is 0 Å². The molecule has 0 bridgehead atoms. The molecule has 0 atom stereocenters. The van der Waals surface area contributed by atoms with Crippen LogP contribution in [0.5, 0.6) is 11.5 Å². The molecule has 0 unspecified atom stereocenters. The molecular weight excluding hydrogens is 256 g/mol. The van der Waals surface area contributed by atoms with E-state index in [9.17, 15) is 4.79 Å². The van der Waals surface area contributed by atoms with Crippen LogP contribution in [0.15, 0.2) is 29.4 Å². The summed E-state index contributed by atoms with van der Waals surface area (Å²) in [6.45, 7) is 1.18. The minimum atomic E-state index is 0.0569. The zero-order valence-corrected chi connectivity index (χ0v) is 11.3. The van der Waals surface area contributed by atoms with E-state index in [0.29, 0.717) is 26.1 Å². The summed E-state index contributed by atoms with van der Waals surface area (Å²) < 4.78 is 11.0. The van der Waals surface area contributed by atoms with E-state index in [-0.39, 0.29) is 5.91 Å². The van der Waals surface area contributed by atoms with Crippen LogP contribution in [0.1, 0.15) is 18.4 Å². The molecule has 104 valence electrons. The second kappa shape index (κ2) is 5.36. The topological polar surface area (TPSA) is 51.1 Å². The Morgan fingerprint density at radius 3 is 2.75 bits per heavy atom. The van der Waals surface area contributed by atoms with Crippen LogP contribution < -0.4 is 9.47 Å². The van der Waals surface area contributed by atoms with Gasteiger partial charge < -0.3 is 9.47 Å². The Labute approximate surface area is 117 Å². The molecule has 1 aromatic rings. The Morgan fingerprint density at radius 2 is 1.95 bits per heavy atom. The number of hydrazone groups is 1. The maximum Gasteiger partial charge on any atom is 0.242 e. The first kappa shape index (κ1) is 12.7. The minimum absolute atomic E-state index is 0.0569. The van der Waals surface area contributed by atoms with Crippen LogP contribution in [0.2, 0.25) is 0 Å². The molecule has 0 aliphatic carbocycles. The van der Waals surface area contributed by atoms with Crippen LogP contribution >= 0.6 is 0 Å². The molecular formula is C15H16N2O3. The van der Waals surface area contributed by atoms with Crippen LogP contribution in [0, 0.1) is 0 Å². The van der Waals surface area contributed by atoms with E-state index in [4.69, 9.17) is 9.47 Å². The summed E-state index contributed by atoms with van der Waals surface area (Å²) in [6, 6.07) is 5.83. The Kier molecular flexibility index (Phi) is 3.41. The van der Waals surface area contributed by atoms with E-state index in [1.807, 2.05) is 30.4 Å². The Bertz CT molecular complexity index is 593. The van der Waals surface area contributed by atoms with E-state index < -0.39 is 0 Å². The van der Waals surface area contributed by atoms with Gasteiger partial charge in [-0.15, -0.1) is 0 Å². The van der Waals surface area contributed by atoms with Crippen molar-refractivity contribution < 1.29 is 14.3 Å². The van der Waals surface area contributed by atoms with Gasteiger partial charge in [-0.2, -0.15) is 5.10 Å². The van der Waals surface area contributed by atoms with Crippen molar-refractivity contribution in [3.8, 4) is 11.5 Å². The van der Waals surface area contributed by atoms with Gasteiger partial charge in [-0.25, -0.2) is 5.01 Å². The second-order valence-corrected chi connectivity index (χ2v) is 4.75.